The summed E-state index contributed by atoms with van der Waals surface area (Å²) in [4.78, 5) is 15.8. The normalized spacial score (nSPS) is 12.7. The third kappa shape index (κ3) is 2.81. The van der Waals surface area contributed by atoms with Gasteiger partial charge in [0.15, 0.2) is 12.1 Å². The maximum atomic E-state index is 11.9. The molecule has 0 spiro atoms. The molecule has 2 rings (SSSR count). The molecule has 19 heavy (non-hydrogen) atoms. The number of oxazole rings is 1. The van der Waals surface area contributed by atoms with Crippen molar-refractivity contribution < 1.29 is 13.6 Å². The van der Waals surface area contributed by atoms with Gasteiger partial charge >= 0.3 is 0 Å². The fourth-order valence-corrected chi connectivity index (χ4v) is 1.50. The number of rotatable bonds is 4. The summed E-state index contributed by atoms with van der Waals surface area (Å²) in [6.07, 6.45) is 1.23. The van der Waals surface area contributed by atoms with E-state index in [9.17, 15) is 4.79 Å². The first-order valence-corrected chi connectivity index (χ1v) is 6.03. The number of carbonyl (C=O) groups is 1. The lowest BCUT2D eigenvalue weighted by molar-refractivity contribution is 0.0928. The Labute approximate surface area is 110 Å². The van der Waals surface area contributed by atoms with Gasteiger partial charge in [0.1, 0.15) is 11.8 Å². The molecule has 2 heterocycles. The molecule has 0 bridgehead atoms. The smallest absolute Gasteiger partial charge is 0.274 e. The molecule has 102 valence electrons. The van der Waals surface area contributed by atoms with Crippen molar-refractivity contribution in [3.63, 3.8) is 0 Å². The molecule has 0 fully saturated rings. The second kappa shape index (κ2) is 5.21. The van der Waals surface area contributed by atoms with Gasteiger partial charge in [0.25, 0.3) is 5.91 Å². The average Bonchev–Trinajstić information content (AvgIpc) is 2.96. The predicted octanol–water partition coefficient (Wildman–Crippen LogP) is 1.98. The quantitative estimate of drug-likeness (QED) is 0.907. The van der Waals surface area contributed by atoms with Crippen molar-refractivity contribution in [3.8, 4) is 0 Å². The van der Waals surface area contributed by atoms with Crippen LogP contribution in [0, 0.1) is 6.92 Å². The largest absolute Gasteiger partial charge is 0.448 e. The van der Waals surface area contributed by atoms with Crippen LogP contribution >= 0.6 is 0 Å². The summed E-state index contributed by atoms with van der Waals surface area (Å²) in [5.74, 6) is 1.22. The van der Waals surface area contributed by atoms with Crippen LogP contribution in [0.1, 0.15) is 60.8 Å². The molecule has 0 saturated carbocycles. The maximum Gasteiger partial charge on any atom is 0.274 e. The molecule has 1 amide bonds. The van der Waals surface area contributed by atoms with E-state index in [0.717, 1.165) is 0 Å². The Morgan fingerprint density at radius 2 is 1.95 bits per heavy atom. The average molecular weight is 264 g/mol. The molecular formula is C12H16N4O3. The highest BCUT2D eigenvalue weighted by molar-refractivity contribution is 5.93. The first-order chi connectivity index (χ1) is 8.99. The summed E-state index contributed by atoms with van der Waals surface area (Å²) in [6.45, 7) is 7.36. The lowest BCUT2D eigenvalue weighted by Crippen LogP contribution is -2.27. The molecule has 2 aromatic rings. The molecule has 0 radical (unpaired) electrons. The zero-order valence-corrected chi connectivity index (χ0v) is 11.3. The van der Waals surface area contributed by atoms with Crippen molar-refractivity contribution in [3.05, 3.63) is 29.6 Å². The van der Waals surface area contributed by atoms with Crippen LogP contribution in [0.4, 0.5) is 0 Å². The van der Waals surface area contributed by atoms with E-state index in [1.165, 1.54) is 6.39 Å². The van der Waals surface area contributed by atoms with Crippen LogP contribution in [0.5, 0.6) is 0 Å². The summed E-state index contributed by atoms with van der Waals surface area (Å²) in [5.41, 5.74) is 0.260. The Hall–Kier alpha value is -2.18. The van der Waals surface area contributed by atoms with Gasteiger partial charge in [0.05, 0.1) is 0 Å². The first-order valence-electron chi connectivity index (χ1n) is 6.03. The molecule has 0 unspecified atom stereocenters. The van der Waals surface area contributed by atoms with Crippen LogP contribution < -0.4 is 5.32 Å². The number of amides is 1. The lowest BCUT2D eigenvalue weighted by Gasteiger charge is -2.08. The van der Waals surface area contributed by atoms with Gasteiger partial charge in [-0.3, -0.25) is 4.79 Å². The number of hydrogen-bond acceptors (Lipinski definition) is 6. The fourth-order valence-electron chi connectivity index (χ4n) is 1.50. The minimum atomic E-state index is -0.386. The van der Waals surface area contributed by atoms with Gasteiger partial charge in [-0.1, -0.05) is 13.8 Å². The van der Waals surface area contributed by atoms with Crippen molar-refractivity contribution in [1.82, 2.24) is 20.5 Å². The highest BCUT2D eigenvalue weighted by Crippen LogP contribution is 2.17. The molecule has 0 saturated heterocycles. The minimum Gasteiger partial charge on any atom is -0.448 e. The molecule has 7 heteroatoms. The second-order valence-corrected chi connectivity index (χ2v) is 4.59. The van der Waals surface area contributed by atoms with E-state index >= 15 is 0 Å². The second-order valence-electron chi connectivity index (χ2n) is 4.59. The minimum absolute atomic E-state index is 0.155. The Bertz CT molecular complexity index is 573. The van der Waals surface area contributed by atoms with Gasteiger partial charge in [-0.15, -0.1) is 10.2 Å². The monoisotopic (exact) mass is 264 g/mol. The molecular weight excluding hydrogens is 248 g/mol. The number of aryl methyl sites for hydroxylation is 1. The van der Waals surface area contributed by atoms with E-state index in [-0.39, 0.29) is 23.6 Å². The highest BCUT2D eigenvalue weighted by atomic mass is 16.4. The molecule has 0 aromatic carbocycles. The maximum absolute atomic E-state index is 11.9. The standard InChI is InChI=1S/C12H16N4O3/c1-6(2)11-15-16-12(19-11)7(3)14-10(17)9-8(4)18-5-13-9/h5-7H,1-4H3,(H,14,17)/t7-/m1/s1. The lowest BCUT2D eigenvalue weighted by atomic mass is 10.2. The molecule has 1 N–H and O–H groups in total. The number of aromatic nitrogens is 3. The van der Waals surface area contributed by atoms with E-state index in [4.69, 9.17) is 8.83 Å². The van der Waals surface area contributed by atoms with Gasteiger partial charge in [-0.05, 0) is 13.8 Å². The third-order valence-corrected chi connectivity index (χ3v) is 2.63. The number of hydrogen-bond donors (Lipinski definition) is 1. The van der Waals surface area contributed by atoms with Crippen molar-refractivity contribution in [2.24, 2.45) is 0 Å². The van der Waals surface area contributed by atoms with Crippen molar-refractivity contribution in [1.29, 1.82) is 0 Å². The number of nitrogens with one attached hydrogen (secondary N) is 1. The van der Waals surface area contributed by atoms with Crippen molar-refractivity contribution in [2.75, 3.05) is 0 Å². The Morgan fingerprint density at radius 1 is 1.26 bits per heavy atom. The fraction of sp³-hybridized carbons (Fsp3) is 0.500. The van der Waals surface area contributed by atoms with Gasteiger partial charge in [-0.2, -0.15) is 0 Å². The van der Waals surface area contributed by atoms with Crippen LogP contribution in [0.3, 0.4) is 0 Å². The van der Waals surface area contributed by atoms with Crippen molar-refractivity contribution in [2.45, 2.75) is 39.7 Å². The van der Waals surface area contributed by atoms with Crippen LogP contribution in [0.2, 0.25) is 0 Å². The highest BCUT2D eigenvalue weighted by Gasteiger charge is 2.20. The number of nitrogens with zero attached hydrogens (tertiary/aromatic N) is 3. The van der Waals surface area contributed by atoms with Crippen LogP contribution in [-0.2, 0) is 0 Å². The summed E-state index contributed by atoms with van der Waals surface area (Å²) in [7, 11) is 0. The van der Waals surface area contributed by atoms with Crippen LogP contribution in [0.25, 0.3) is 0 Å². The molecule has 0 aliphatic carbocycles. The third-order valence-electron chi connectivity index (χ3n) is 2.63. The first kappa shape index (κ1) is 13.3. The molecule has 0 aliphatic rings. The summed E-state index contributed by atoms with van der Waals surface area (Å²) < 4.78 is 10.5. The van der Waals surface area contributed by atoms with E-state index in [1.807, 2.05) is 13.8 Å². The Kier molecular flexibility index (Phi) is 3.64. The predicted molar refractivity (Wildman–Crippen MR) is 65.5 cm³/mol. The zero-order chi connectivity index (χ0) is 14.0. The van der Waals surface area contributed by atoms with E-state index in [1.54, 1.807) is 13.8 Å². The summed E-state index contributed by atoms with van der Waals surface area (Å²) in [6, 6.07) is -0.386. The number of carbonyl (C=O) groups excluding carboxylic acids is 1. The van der Waals surface area contributed by atoms with E-state index in [0.29, 0.717) is 17.5 Å². The SMILES string of the molecule is Cc1ocnc1C(=O)N[C@H](C)c1nnc(C(C)C)o1. The Morgan fingerprint density at radius 3 is 2.47 bits per heavy atom. The van der Waals surface area contributed by atoms with E-state index in [2.05, 4.69) is 20.5 Å². The van der Waals surface area contributed by atoms with Gasteiger partial charge in [0, 0.05) is 5.92 Å². The summed E-state index contributed by atoms with van der Waals surface area (Å²) in [5, 5.41) is 10.6. The van der Waals surface area contributed by atoms with Crippen molar-refractivity contribution >= 4 is 5.91 Å². The topological polar surface area (TPSA) is 94.1 Å². The molecule has 2 aromatic heterocycles. The molecule has 7 nitrogen and oxygen atoms in total. The van der Waals surface area contributed by atoms with E-state index < -0.39 is 0 Å². The Balaban J connectivity index is 2.06. The molecule has 1 atom stereocenters. The summed E-state index contributed by atoms with van der Waals surface area (Å²) >= 11 is 0. The van der Waals surface area contributed by atoms with Gasteiger partial charge < -0.3 is 14.2 Å². The van der Waals surface area contributed by atoms with Crippen LogP contribution in [0.15, 0.2) is 15.2 Å². The zero-order valence-electron chi connectivity index (χ0n) is 11.3. The van der Waals surface area contributed by atoms with Crippen LogP contribution in [-0.4, -0.2) is 21.1 Å². The van der Waals surface area contributed by atoms with Gasteiger partial charge in [0.2, 0.25) is 11.8 Å². The molecule has 0 aliphatic heterocycles. The van der Waals surface area contributed by atoms with Gasteiger partial charge in [-0.25, -0.2) is 4.98 Å².